The van der Waals surface area contributed by atoms with Gasteiger partial charge in [0.1, 0.15) is 11.6 Å². The van der Waals surface area contributed by atoms with Crippen molar-refractivity contribution in [2.45, 2.75) is 25.7 Å². The lowest BCUT2D eigenvalue weighted by Gasteiger charge is -2.26. The topological polar surface area (TPSA) is 96.2 Å². The highest BCUT2D eigenvalue weighted by Crippen LogP contribution is 2.13. The Morgan fingerprint density at radius 3 is 2.70 bits per heavy atom. The number of hydrogen-bond acceptors (Lipinski definition) is 6. The number of carbonyl (C=O) groups excluding carboxylic acids is 1. The molecule has 1 aliphatic heterocycles. The summed E-state index contributed by atoms with van der Waals surface area (Å²) in [6.45, 7) is 2.33. The van der Waals surface area contributed by atoms with Crippen LogP contribution in [0, 0.1) is 0 Å². The number of piperidine rings is 1. The third kappa shape index (κ3) is 3.97. The molecule has 2 rings (SSSR count). The Hall–Kier alpha value is -2.05. The monoisotopic (exact) mass is 278 g/mol. The first-order valence-electron chi connectivity index (χ1n) is 7.03. The number of rotatable bonds is 5. The van der Waals surface area contributed by atoms with Gasteiger partial charge in [-0.3, -0.25) is 4.79 Å². The zero-order valence-electron chi connectivity index (χ0n) is 11.9. The zero-order valence-corrected chi connectivity index (χ0v) is 11.9. The van der Waals surface area contributed by atoms with E-state index in [4.69, 9.17) is 5.73 Å². The van der Waals surface area contributed by atoms with E-state index < -0.39 is 0 Å². The molecule has 0 saturated carbocycles. The van der Waals surface area contributed by atoms with E-state index in [0.717, 1.165) is 25.9 Å². The van der Waals surface area contributed by atoms with Gasteiger partial charge in [0.15, 0.2) is 0 Å². The first-order valence-corrected chi connectivity index (χ1v) is 7.03. The summed E-state index contributed by atoms with van der Waals surface area (Å²) in [7, 11) is 1.77. The van der Waals surface area contributed by atoms with Crippen LogP contribution in [0.5, 0.6) is 0 Å². The molecular weight excluding hydrogens is 256 g/mol. The van der Waals surface area contributed by atoms with Crippen molar-refractivity contribution in [3.63, 3.8) is 0 Å². The number of amides is 1. The average molecular weight is 278 g/mol. The van der Waals surface area contributed by atoms with Crippen LogP contribution in [0.25, 0.3) is 0 Å². The van der Waals surface area contributed by atoms with E-state index in [-0.39, 0.29) is 11.9 Å². The number of nitrogens with one attached hydrogen (secondary N) is 2. The van der Waals surface area contributed by atoms with E-state index in [0.29, 0.717) is 24.6 Å². The number of aromatic nitrogens is 2. The van der Waals surface area contributed by atoms with Gasteiger partial charge >= 0.3 is 0 Å². The molecule has 0 unspecified atom stereocenters. The molecule has 1 aliphatic rings. The molecule has 0 atom stereocenters. The van der Waals surface area contributed by atoms with E-state index in [2.05, 4.69) is 20.6 Å². The van der Waals surface area contributed by atoms with Gasteiger partial charge in [-0.25, -0.2) is 0 Å². The fourth-order valence-electron chi connectivity index (χ4n) is 2.28. The molecule has 7 nitrogen and oxygen atoms in total. The highest BCUT2D eigenvalue weighted by atomic mass is 16.2. The molecule has 20 heavy (non-hydrogen) atoms. The molecule has 0 aromatic carbocycles. The van der Waals surface area contributed by atoms with Crippen molar-refractivity contribution in [3.05, 3.63) is 6.07 Å². The van der Waals surface area contributed by atoms with Gasteiger partial charge in [0.2, 0.25) is 11.9 Å². The molecule has 1 aromatic rings. The van der Waals surface area contributed by atoms with Crippen molar-refractivity contribution in [1.82, 2.24) is 14.9 Å². The van der Waals surface area contributed by atoms with Gasteiger partial charge < -0.3 is 21.3 Å². The maximum atomic E-state index is 12.0. The molecular formula is C13H22N6O. The molecule has 110 valence electrons. The standard InChI is InChI=1S/C13H22N6O/c1-15-10-9-11(18-13(14)17-10)16-6-5-12(20)19-7-3-2-4-8-19/h9H,2-8H2,1H3,(H4,14,15,16,17,18). The van der Waals surface area contributed by atoms with Crippen molar-refractivity contribution in [2.24, 2.45) is 0 Å². The molecule has 0 radical (unpaired) electrons. The Labute approximate surface area is 119 Å². The van der Waals surface area contributed by atoms with Crippen LogP contribution in [0.1, 0.15) is 25.7 Å². The number of hydrogen-bond donors (Lipinski definition) is 3. The predicted octanol–water partition coefficient (Wildman–Crippen LogP) is 0.915. The molecule has 1 aromatic heterocycles. The van der Waals surface area contributed by atoms with Gasteiger partial charge in [0, 0.05) is 39.2 Å². The largest absolute Gasteiger partial charge is 0.373 e. The fraction of sp³-hybridized carbons (Fsp3) is 0.615. The maximum absolute atomic E-state index is 12.0. The lowest BCUT2D eigenvalue weighted by molar-refractivity contribution is -0.131. The van der Waals surface area contributed by atoms with Crippen LogP contribution in [-0.2, 0) is 4.79 Å². The molecule has 0 bridgehead atoms. The minimum atomic E-state index is 0.202. The number of likely N-dealkylation sites (tertiary alicyclic amines) is 1. The van der Waals surface area contributed by atoms with Gasteiger partial charge in [0.25, 0.3) is 0 Å². The van der Waals surface area contributed by atoms with E-state index in [1.165, 1.54) is 6.42 Å². The summed E-state index contributed by atoms with van der Waals surface area (Å²) in [5.74, 6) is 1.70. The summed E-state index contributed by atoms with van der Waals surface area (Å²) in [4.78, 5) is 22.0. The Morgan fingerprint density at radius 2 is 2.00 bits per heavy atom. The summed E-state index contributed by atoms with van der Waals surface area (Å²) in [6.07, 6.45) is 3.94. The summed E-state index contributed by atoms with van der Waals surface area (Å²) in [5.41, 5.74) is 5.61. The van der Waals surface area contributed by atoms with Crippen LogP contribution in [-0.4, -0.2) is 47.5 Å². The second-order valence-electron chi connectivity index (χ2n) is 4.86. The van der Waals surface area contributed by atoms with Gasteiger partial charge in [-0.05, 0) is 19.3 Å². The van der Waals surface area contributed by atoms with Crippen molar-refractivity contribution in [3.8, 4) is 0 Å². The van der Waals surface area contributed by atoms with Crippen LogP contribution in [0.15, 0.2) is 6.07 Å². The summed E-state index contributed by atoms with van der Waals surface area (Å²) < 4.78 is 0. The minimum Gasteiger partial charge on any atom is -0.373 e. The first-order chi connectivity index (χ1) is 9.69. The molecule has 2 heterocycles. The number of carbonyl (C=O) groups is 1. The molecule has 1 amide bonds. The van der Waals surface area contributed by atoms with Gasteiger partial charge in [0.05, 0.1) is 0 Å². The number of anilines is 3. The minimum absolute atomic E-state index is 0.202. The Morgan fingerprint density at radius 1 is 1.30 bits per heavy atom. The van der Waals surface area contributed by atoms with Crippen LogP contribution in [0.3, 0.4) is 0 Å². The lowest BCUT2D eigenvalue weighted by Crippen LogP contribution is -2.36. The Balaban J connectivity index is 1.80. The van der Waals surface area contributed by atoms with Gasteiger partial charge in [-0.2, -0.15) is 9.97 Å². The van der Waals surface area contributed by atoms with Crippen molar-refractivity contribution < 1.29 is 4.79 Å². The maximum Gasteiger partial charge on any atom is 0.224 e. The third-order valence-electron chi connectivity index (χ3n) is 3.35. The molecule has 7 heteroatoms. The van der Waals surface area contributed by atoms with Crippen LogP contribution >= 0.6 is 0 Å². The summed E-state index contributed by atoms with van der Waals surface area (Å²) in [5, 5.41) is 6.02. The van der Waals surface area contributed by atoms with Gasteiger partial charge in [-0.1, -0.05) is 0 Å². The number of nitrogen functional groups attached to an aromatic ring is 1. The zero-order chi connectivity index (χ0) is 14.4. The van der Waals surface area contributed by atoms with E-state index in [1.807, 2.05) is 4.90 Å². The van der Waals surface area contributed by atoms with Crippen LogP contribution in [0.4, 0.5) is 17.6 Å². The smallest absolute Gasteiger partial charge is 0.224 e. The van der Waals surface area contributed by atoms with E-state index in [9.17, 15) is 4.79 Å². The molecule has 4 N–H and O–H groups in total. The second-order valence-corrected chi connectivity index (χ2v) is 4.86. The van der Waals surface area contributed by atoms with Gasteiger partial charge in [-0.15, -0.1) is 0 Å². The SMILES string of the molecule is CNc1cc(NCCC(=O)N2CCCCC2)nc(N)n1. The highest BCUT2D eigenvalue weighted by Gasteiger charge is 2.15. The normalized spacial score (nSPS) is 14.9. The highest BCUT2D eigenvalue weighted by molar-refractivity contribution is 5.76. The number of nitrogens with two attached hydrogens (primary N) is 1. The summed E-state index contributed by atoms with van der Waals surface area (Å²) in [6, 6.07) is 1.77. The van der Waals surface area contributed by atoms with Crippen LogP contribution < -0.4 is 16.4 Å². The Kier molecular flexibility index (Phi) is 4.97. The quantitative estimate of drug-likeness (QED) is 0.741. The average Bonchev–Trinajstić information content (AvgIpc) is 2.47. The molecule has 0 spiro atoms. The first kappa shape index (κ1) is 14.4. The van der Waals surface area contributed by atoms with Crippen molar-refractivity contribution in [1.29, 1.82) is 0 Å². The van der Waals surface area contributed by atoms with Crippen molar-refractivity contribution in [2.75, 3.05) is 43.0 Å². The molecule has 1 fully saturated rings. The van der Waals surface area contributed by atoms with Crippen LogP contribution in [0.2, 0.25) is 0 Å². The predicted molar refractivity (Wildman–Crippen MR) is 79.5 cm³/mol. The lowest BCUT2D eigenvalue weighted by atomic mass is 10.1. The van der Waals surface area contributed by atoms with E-state index in [1.54, 1.807) is 13.1 Å². The number of nitrogens with zero attached hydrogens (tertiary/aromatic N) is 3. The fourth-order valence-corrected chi connectivity index (χ4v) is 2.28. The Bertz CT molecular complexity index is 458. The molecule has 0 aliphatic carbocycles. The second kappa shape index (κ2) is 6.93. The molecule has 1 saturated heterocycles. The van der Waals surface area contributed by atoms with Crippen molar-refractivity contribution >= 4 is 23.5 Å². The van der Waals surface area contributed by atoms with E-state index >= 15 is 0 Å². The third-order valence-corrected chi connectivity index (χ3v) is 3.35. The summed E-state index contributed by atoms with van der Waals surface area (Å²) >= 11 is 0.